The van der Waals surface area contributed by atoms with E-state index in [1.54, 1.807) is 7.11 Å². The van der Waals surface area contributed by atoms with Gasteiger partial charge in [0, 0.05) is 11.0 Å². The van der Waals surface area contributed by atoms with E-state index in [-0.39, 0.29) is 0 Å². The summed E-state index contributed by atoms with van der Waals surface area (Å²) < 4.78 is 12.5. The Hall–Kier alpha value is -1.52. The van der Waals surface area contributed by atoms with E-state index in [9.17, 15) is 0 Å². The molecule has 0 radical (unpaired) electrons. The van der Waals surface area contributed by atoms with Crippen molar-refractivity contribution in [2.24, 2.45) is 0 Å². The Kier molecular flexibility index (Phi) is 8.29. The topological polar surface area (TPSA) is 30.5 Å². The molecule has 0 aliphatic carbocycles. The molecule has 136 valence electrons. The summed E-state index contributed by atoms with van der Waals surface area (Å²) in [4.78, 5) is 0. The fraction of sp³-hybridized carbons (Fsp3) is 0.429. The SMILES string of the molecule is CCCCCNCc1cc(OC)c(OCc2ccc(C)cc2)cc1Br. The van der Waals surface area contributed by atoms with Crippen LogP contribution in [0.25, 0.3) is 0 Å². The van der Waals surface area contributed by atoms with E-state index in [4.69, 9.17) is 9.47 Å². The molecule has 0 saturated heterocycles. The maximum atomic E-state index is 5.97. The molecule has 0 saturated carbocycles. The van der Waals surface area contributed by atoms with Crippen molar-refractivity contribution in [3.05, 3.63) is 57.6 Å². The summed E-state index contributed by atoms with van der Waals surface area (Å²) in [6.07, 6.45) is 3.72. The monoisotopic (exact) mass is 405 g/mol. The minimum absolute atomic E-state index is 0.525. The smallest absolute Gasteiger partial charge is 0.162 e. The minimum Gasteiger partial charge on any atom is -0.493 e. The van der Waals surface area contributed by atoms with Gasteiger partial charge < -0.3 is 14.8 Å². The molecule has 0 fully saturated rings. The van der Waals surface area contributed by atoms with Gasteiger partial charge in [-0.1, -0.05) is 65.5 Å². The van der Waals surface area contributed by atoms with Crippen molar-refractivity contribution in [3.63, 3.8) is 0 Å². The second kappa shape index (κ2) is 10.5. The standard InChI is InChI=1S/C21H28BrNO2/c1-4-5-6-11-23-14-18-12-20(24-3)21(13-19(18)22)25-15-17-9-7-16(2)8-10-17/h7-10,12-13,23H,4-6,11,14-15H2,1-3H3. The molecule has 1 N–H and O–H groups in total. The number of ether oxygens (including phenoxy) is 2. The quantitative estimate of drug-likeness (QED) is 0.519. The zero-order valence-corrected chi connectivity index (χ0v) is 17.0. The van der Waals surface area contributed by atoms with E-state index in [1.807, 2.05) is 12.1 Å². The molecule has 0 aromatic heterocycles. The molecule has 0 heterocycles. The van der Waals surface area contributed by atoms with Gasteiger partial charge in [-0.2, -0.15) is 0 Å². The Labute approximate surface area is 159 Å². The lowest BCUT2D eigenvalue weighted by Gasteiger charge is -2.14. The molecule has 2 aromatic carbocycles. The van der Waals surface area contributed by atoms with Gasteiger partial charge in [-0.3, -0.25) is 0 Å². The number of rotatable bonds is 10. The van der Waals surface area contributed by atoms with Gasteiger partial charge in [-0.05, 0) is 43.1 Å². The normalized spacial score (nSPS) is 10.7. The second-order valence-electron chi connectivity index (χ2n) is 6.25. The summed E-state index contributed by atoms with van der Waals surface area (Å²) in [5.74, 6) is 1.52. The van der Waals surface area contributed by atoms with Crippen LogP contribution in [0.3, 0.4) is 0 Å². The van der Waals surface area contributed by atoms with Crippen molar-refractivity contribution in [3.8, 4) is 11.5 Å². The molecular formula is C21H28BrNO2. The molecule has 0 bridgehead atoms. The van der Waals surface area contributed by atoms with Crippen molar-refractivity contribution in [1.82, 2.24) is 5.32 Å². The van der Waals surface area contributed by atoms with Crippen LogP contribution in [0.1, 0.15) is 42.9 Å². The highest BCUT2D eigenvalue weighted by Gasteiger charge is 2.10. The highest BCUT2D eigenvalue weighted by atomic mass is 79.9. The number of nitrogens with one attached hydrogen (secondary N) is 1. The third-order valence-electron chi connectivity index (χ3n) is 4.12. The van der Waals surface area contributed by atoms with Gasteiger partial charge in [0.15, 0.2) is 11.5 Å². The lowest BCUT2D eigenvalue weighted by atomic mass is 10.1. The summed E-state index contributed by atoms with van der Waals surface area (Å²) in [6, 6.07) is 12.4. The average molecular weight is 406 g/mol. The molecular weight excluding hydrogens is 378 g/mol. The first-order chi connectivity index (χ1) is 12.1. The van der Waals surface area contributed by atoms with Crippen molar-refractivity contribution < 1.29 is 9.47 Å². The Bertz CT molecular complexity index is 656. The van der Waals surface area contributed by atoms with Crippen LogP contribution in [-0.2, 0) is 13.2 Å². The summed E-state index contributed by atoms with van der Waals surface area (Å²) >= 11 is 3.65. The summed E-state index contributed by atoms with van der Waals surface area (Å²) in [7, 11) is 1.68. The van der Waals surface area contributed by atoms with Crippen molar-refractivity contribution >= 4 is 15.9 Å². The van der Waals surface area contributed by atoms with Crippen LogP contribution in [0.4, 0.5) is 0 Å². The number of methoxy groups -OCH3 is 1. The average Bonchev–Trinajstić information content (AvgIpc) is 2.62. The first-order valence-corrected chi connectivity index (χ1v) is 9.68. The third-order valence-corrected chi connectivity index (χ3v) is 4.86. The predicted molar refractivity (Wildman–Crippen MR) is 107 cm³/mol. The van der Waals surface area contributed by atoms with Crippen molar-refractivity contribution in [1.29, 1.82) is 0 Å². The Morgan fingerprint density at radius 3 is 2.48 bits per heavy atom. The zero-order valence-electron chi connectivity index (χ0n) is 15.4. The van der Waals surface area contributed by atoms with Crippen LogP contribution in [0.2, 0.25) is 0 Å². The predicted octanol–water partition coefficient (Wildman–Crippen LogP) is 5.62. The maximum Gasteiger partial charge on any atom is 0.162 e. The molecule has 0 spiro atoms. The summed E-state index contributed by atoms with van der Waals surface area (Å²) in [6.45, 7) is 6.68. The van der Waals surface area contributed by atoms with E-state index >= 15 is 0 Å². The van der Waals surface area contributed by atoms with E-state index < -0.39 is 0 Å². The van der Waals surface area contributed by atoms with Crippen LogP contribution in [0, 0.1) is 6.92 Å². The van der Waals surface area contributed by atoms with E-state index in [1.165, 1.54) is 30.4 Å². The van der Waals surface area contributed by atoms with Crippen LogP contribution in [-0.4, -0.2) is 13.7 Å². The number of halogens is 1. The van der Waals surface area contributed by atoms with Gasteiger partial charge >= 0.3 is 0 Å². The molecule has 3 nitrogen and oxygen atoms in total. The minimum atomic E-state index is 0.525. The largest absolute Gasteiger partial charge is 0.493 e. The zero-order chi connectivity index (χ0) is 18.1. The fourth-order valence-electron chi connectivity index (χ4n) is 2.55. The van der Waals surface area contributed by atoms with Gasteiger partial charge in [-0.15, -0.1) is 0 Å². The number of benzene rings is 2. The molecule has 2 aromatic rings. The van der Waals surface area contributed by atoms with Gasteiger partial charge in [0.1, 0.15) is 6.61 Å². The maximum absolute atomic E-state index is 5.97. The van der Waals surface area contributed by atoms with Gasteiger partial charge in [0.05, 0.1) is 7.11 Å². The first-order valence-electron chi connectivity index (χ1n) is 8.89. The molecule has 0 aliphatic heterocycles. The Balaban J connectivity index is 1.98. The third kappa shape index (κ3) is 6.37. The number of unbranched alkanes of at least 4 members (excludes halogenated alkanes) is 2. The molecule has 2 rings (SSSR count). The first kappa shape index (κ1) is 19.8. The number of aryl methyl sites for hydroxylation is 1. The van der Waals surface area contributed by atoms with Crippen molar-refractivity contribution in [2.45, 2.75) is 46.3 Å². The summed E-state index contributed by atoms with van der Waals surface area (Å²) in [5.41, 5.74) is 3.57. The second-order valence-corrected chi connectivity index (χ2v) is 7.11. The number of hydrogen-bond donors (Lipinski definition) is 1. The molecule has 0 aliphatic rings. The molecule has 4 heteroatoms. The Morgan fingerprint density at radius 2 is 1.80 bits per heavy atom. The molecule has 0 unspecified atom stereocenters. The van der Waals surface area contributed by atoms with E-state index in [0.717, 1.165) is 34.6 Å². The lowest BCUT2D eigenvalue weighted by Crippen LogP contribution is -2.15. The molecule has 0 amide bonds. The summed E-state index contributed by atoms with van der Waals surface area (Å²) in [5, 5.41) is 3.48. The molecule has 0 atom stereocenters. The van der Waals surface area contributed by atoms with Crippen LogP contribution in [0.15, 0.2) is 40.9 Å². The van der Waals surface area contributed by atoms with Crippen LogP contribution >= 0.6 is 15.9 Å². The fourth-order valence-corrected chi connectivity index (χ4v) is 3.02. The number of hydrogen-bond acceptors (Lipinski definition) is 3. The van der Waals surface area contributed by atoms with Gasteiger partial charge in [0.25, 0.3) is 0 Å². The lowest BCUT2D eigenvalue weighted by molar-refractivity contribution is 0.284. The van der Waals surface area contributed by atoms with Crippen LogP contribution < -0.4 is 14.8 Å². The highest BCUT2D eigenvalue weighted by Crippen LogP contribution is 2.34. The van der Waals surface area contributed by atoms with Gasteiger partial charge in [-0.25, -0.2) is 0 Å². The highest BCUT2D eigenvalue weighted by molar-refractivity contribution is 9.10. The van der Waals surface area contributed by atoms with Crippen molar-refractivity contribution in [2.75, 3.05) is 13.7 Å². The van der Waals surface area contributed by atoms with E-state index in [0.29, 0.717) is 6.61 Å². The van der Waals surface area contributed by atoms with Gasteiger partial charge in [0.2, 0.25) is 0 Å². The van der Waals surface area contributed by atoms with E-state index in [2.05, 4.69) is 59.4 Å². The Morgan fingerprint density at radius 1 is 1.04 bits per heavy atom. The van der Waals surface area contributed by atoms with Crippen LogP contribution in [0.5, 0.6) is 11.5 Å². The molecule has 25 heavy (non-hydrogen) atoms.